The van der Waals surface area contributed by atoms with Crippen LogP contribution in [0.15, 0.2) is 0 Å². The van der Waals surface area contributed by atoms with Gasteiger partial charge in [0, 0.05) is 32.3 Å². The Kier molecular flexibility index (Phi) is 14.2. The van der Waals surface area contributed by atoms with Crippen molar-refractivity contribution in [3.8, 4) is 0 Å². The number of esters is 2. The summed E-state index contributed by atoms with van der Waals surface area (Å²) in [6.45, 7) is 19.6. The number of cyclic esters (lactones) is 1. The minimum atomic E-state index is -1.81. The molecule has 14 nitrogen and oxygen atoms in total. The molecule has 308 valence electrons. The molecular weight excluding hydrogens is 690 g/mol. The van der Waals surface area contributed by atoms with E-state index in [1.807, 2.05) is 46.7 Å². The molecule has 4 aliphatic rings. The highest BCUT2D eigenvalue weighted by Crippen LogP contribution is 2.48. The maximum atomic E-state index is 14.4. The van der Waals surface area contributed by atoms with Gasteiger partial charge < -0.3 is 58.1 Å². The van der Waals surface area contributed by atoms with Crippen LogP contribution in [0.5, 0.6) is 0 Å². The SMILES string of the molecule is CC[C@@H](O)[C@@](C)(O)[C@@H]1OC(=O)[C@H](C)[C@@H](O[C@H]2CC(C)(OC)[C@@H](O)C(C)O2)[C@H](C)[C@@H](O[C@@H]2OC(C)CC(N(C)C)C2OC(C)=O)C2(C)CC(C)C(O2)[C@@H]1C. The molecule has 8 unspecified atom stereocenters. The zero-order chi connectivity index (χ0) is 40.0. The zero-order valence-corrected chi connectivity index (χ0v) is 34.4. The maximum Gasteiger partial charge on any atom is 0.311 e. The summed E-state index contributed by atoms with van der Waals surface area (Å²) < 4.78 is 51.5. The summed E-state index contributed by atoms with van der Waals surface area (Å²) in [5, 5.41) is 33.8. The summed E-state index contributed by atoms with van der Waals surface area (Å²) in [6.07, 6.45) is -7.48. The van der Waals surface area contributed by atoms with Crippen LogP contribution in [0.3, 0.4) is 0 Å². The van der Waals surface area contributed by atoms with Crippen molar-refractivity contribution in [1.82, 2.24) is 4.90 Å². The van der Waals surface area contributed by atoms with Crippen LogP contribution in [0, 0.1) is 23.7 Å². The molecule has 4 fully saturated rings. The Morgan fingerprint density at radius 2 is 1.68 bits per heavy atom. The Morgan fingerprint density at radius 3 is 2.25 bits per heavy atom. The van der Waals surface area contributed by atoms with E-state index in [4.69, 9.17) is 37.9 Å². The second-order valence-electron chi connectivity index (χ2n) is 17.3. The van der Waals surface area contributed by atoms with Gasteiger partial charge in [-0.15, -0.1) is 0 Å². The van der Waals surface area contributed by atoms with Crippen molar-refractivity contribution in [2.45, 2.75) is 192 Å². The molecule has 0 aromatic carbocycles. The lowest BCUT2D eigenvalue weighted by atomic mass is 9.76. The van der Waals surface area contributed by atoms with Crippen molar-refractivity contribution in [2.24, 2.45) is 23.7 Å². The fourth-order valence-electron chi connectivity index (χ4n) is 9.50. The first kappa shape index (κ1) is 44.3. The smallest absolute Gasteiger partial charge is 0.311 e. The summed E-state index contributed by atoms with van der Waals surface area (Å²) in [4.78, 5) is 28.9. The van der Waals surface area contributed by atoms with Crippen LogP contribution in [0.25, 0.3) is 0 Å². The summed E-state index contributed by atoms with van der Waals surface area (Å²) in [5.74, 6) is -3.27. The molecule has 4 rings (SSSR count). The van der Waals surface area contributed by atoms with Crippen LogP contribution >= 0.6 is 0 Å². The van der Waals surface area contributed by atoms with Gasteiger partial charge in [-0.2, -0.15) is 0 Å². The molecule has 19 atom stereocenters. The first-order valence-corrected chi connectivity index (χ1v) is 19.5. The number of hydrogen-bond acceptors (Lipinski definition) is 14. The molecule has 4 aliphatic heterocycles. The predicted molar refractivity (Wildman–Crippen MR) is 193 cm³/mol. The van der Waals surface area contributed by atoms with E-state index in [0.29, 0.717) is 12.8 Å². The van der Waals surface area contributed by atoms with E-state index in [2.05, 4.69) is 6.92 Å². The fraction of sp³-hybridized carbons (Fsp3) is 0.949. The highest BCUT2D eigenvalue weighted by atomic mass is 16.7. The molecule has 0 amide bonds. The van der Waals surface area contributed by atoms with Gasteiger partial charge in [0.25, 0.3) is 0 Å². The summed E-state index contributed by atoms with van der Waals surface area (Å²) in [5.41, 5.74) is -3.80. The number of nitrogens with zero attached hydrogens (tertiary/aromatic N) is 1. The van der Waals surface area contributed by atoms with Crippen LogP contribution < -0.4 is 0 Å². The minimum Gasteiger partial charge on any atom is -0.459 e. The largest absolute Gasteiger partial charge is 0.459 e. The number of carbonyl (C=O) groups is 2. The molecule has 4 saturated heterocycles. The monoisotopic (exact) mass is 759 g/mol. The van der Waals surface area contributed by atoms with E-state index in [1.54, 1.807) is 27.7 Å². The first-order chi connectivity index (χ1) is 24.5. The van der Waals surface area contributed by atoms with Crippen LogP contribution in [0.2, 0.25) is 0 Å². The molecule has 2 bridgehead atoms. The van der Waals surface area contributed by atoms with E-state index < -0.39 is 108 Å². The average Bonchev–Trinajstić information content (AvgIpc) is 3.39. The van der Waals surface area contributed by atoms with E-state index in [1.165, 1.54) is 21.0 Å². The number of carbonyl (C=O) groups excluding carboxylic acids is 2. The first-order valence-electron chi connectivity index (χ1n) is 19.5. The topological polar surface area (TPSA) is 172 Å². The Hall–Kier alpha value is -1.46. The van der Waals surface area contributed by atoms with Gasteiger partial charge in [0.15, 0.2) is 18.7 Å². The molecule has 0 aromatic heterocycles. The molecule has 0 radical (unpaired) electrons. The van der Waals surface area contributed by atoms with Gasteiger partial charge in [0.05, 0.1) is 59.8 Å². The van der Waals surface area contributed by atoms with Crippen molar-refractivity contribution >= 4 is 11.9 Å². The Balaban J connectivity index is 1.86. The standard InChI is InChI=1S/C39H69NO13/c1-15-27(42)39(11,45)34-21(4)29-19(2)17-38(10,53-29)33(52-36-31(49-25(8)41)26(40(12)13)16-20(3)47-36)22(5)30(23(6)35(44)51-34)50-28-18-37(9,46-14)32(43)24(7)48-28/h19-24,26-34,36,42-43,45H,15-18H2,1-14H3/t19?,20?,21-,22-,23+,24?,26?,27+,28-,29?,30-,31?,32-,33+,34+,36-,37?,38?,39+/m0/s1. The lowest BCUT2D eigenvalue weighted by Gasteiger charge is -2.49. The minimum absolute atomic E-state index is 0.0864. The summed E-state index contributed by atoms with van der Waals surface area (Å²) in [6, 6.07) is -0.209. The maximum absolute atomic E-state index is 14.4. The zero-order valence-electron chi connectivity index (χ0n) is 34.4. The molecule has 14 heteroatoms. The quantitative estimate of drug-likeness (QED) is 0.278. The van der Waals surface area contributed by atoms with Crippen LogP contribution in [0.1, 0.15) is 102 Å². The van der Waals surface area contributed by atoms with Crippen molar-refractivity contribution in [1.29, 1.82) is 0 Å². The Bertz CT molecular complexity index is 1250. The fourth-order valence-corrected chi connectivity index (χ4v) is 9.50. The Labute approximate surface area is 316 Å². The third-order valence-corrected chi connectivity index (χ3v) is 12.6. The van der Waals surface area contributed by atoms with Crippen LogP contribution in [0.4, 0.5) is 0 Å². The van der Waals surface area contributed by atoms with Gasteiger partial charge in [-0.3, -0.25) is 9.59 Å². The van der Waals surface area contributed by atoms with Gasteiger partial charge in [-0.1, -0.05) is 27.7 Å². The van der Waals surface area contributed by atoms with Gasteiger partial charge >= 0.3 is 11.9 Å². The molecule has 3 N–H and O–H groups in total. The number of ether oxygens (including phenoxy) is 8. The number of aliphatic hydroxyl groups excluding tert-OH is 2. The van der Waals surface area contributed by atoms with E-state index in [-0.39, 0.29) is 30.9 Å². The molecule has 4 heterocycles. The Morgan fingerprint density at radius 1 is 1.04 bits per heavy atom. The van der Waals surface area contributed by atoms with Crippen molar-refractivity contribution in [2.75, 3.05) is 21.2 Å². The molecule has 0 aliphatic carbocycles. The summed E-state index contributed by atoms with van der Waals surface area (Å²) >= 11 is 0. The van der Waals surface area contributed by atoms with Crippen molar-refractivity contribution in [3.05, 3.63) is 0 Å². The lowest BCUT2D eigenvalue weighted by molar-refractivity contribution is -0.319. The van der Waals surface area contributed by atoms with Gasteiger partial charge in [0.2, 0.25) is 0 Å². The second-order valence-corrected chi connectivity index (χ2v) is 17.3. The lowest BCUT2D eigenvalue weighted by Crippen LogP contribution is -2.60. The number of hydrogen-bond donors (Lipinski definition) is 3. The van der Waals surface area contributed by atoms with Gasteiger partial charge in [-0.25, -0.2) is 0 Å². The van der Waals surface area contributed by atoms with E-state index in [0.717, 1.165) is 0 Å². The highest BCUT2D eigenvalue weighted by Gasteiger charge is 2.59. The third kappa shape index (κ3) is 9.08. The third-order valence-electron chi connectivity index (χ3n) is 12.6. The van der Waals surface area contributed by atoms with E-state index in [9.17, 15) is 24.9 Å². The molecule has 0 saturated carbocycles. The van der Waals surface area contributed by atoms with Crippen molar-refractivity contribution < 1.29 is 62.8 Å². The predicted octanol–water partition coefficient (Wildman–Crippen LogP) is 3.19. The molecule has 53 heavy (non-hydrogen) atoms. The number of rotatable bonds is 10. The second kappa shape index (κ2) is 17.0. The number of likely N-dealkylation sites (N-methyl/N-ethyl adjacent to an activating group) is 1. The van der Waals surface area contributed by atoms with Crippen molar-refractivity contribution in [3.63, 3.8) is 0 Å². The average molecular weight is 760 g/mol. The van der Waals surface area contributed by atoms with Gasteiger partial charge in [0.1, 0.15) is 17.8 Å². The van der Waals surface area contributed by atoms with E-state index >= 15 is 0 Å². The normalized spacial score (nSPS) is 47.3. The highest BCUT2D eigenvalue weighted by molar-refractivity contribution is 5.73. The molecule has 0 spiro atoms. The van der Waals surface area contributed by atoms with Crippen LogP contribution in [-0.4, -0.2) is 144 Å². The van der Waals surface area contributed by atoms with Crippen LogP contribution in [-0.2, 0) is 47.5 Å². The molecule has 0 aromatic rings. The number of methoxy groups -OCH3 is 1. The number of fused-ring (bicyclic) bond motifs is 2. The van der Waals surface area contributed by atoms with Gasteiger partial charge in [-0.05, 0) is 80.8 Å². The summed E-state index contributed by atoms with van der Waals surface area (Å²) in [7, 11) is 5.38. The number of aliphatic hydroxyl groups is 3. The molecular formula is C39H69NO13.